The number of esters is 1. The van der Waals surface area contributed by atoms with Crippen LogP contribution in [-0.2, 0) is 20.9 Å². The minimum Gasteiger partial charge on any atom is -0.484 e. The molecule has 0 saturated carbocycles. The second-order valence-electron chi connectivity index (χ2n) is 6.13. The van der Waals surface area contributed by atoms with Gasteiger partial charge in [-0.05, 0) is 37.1 Å². The summed E-state index contributed by atoms with van der Waals surface area (Å²) in [5, 5.41) is 0. The van der Waals surface area contributed by atoms with Crippen molar-refractivity contribution in [1.82, 2.24) is 4.90 Å². The van der Waals surface area contributed by atoms with Crippen molar-refractivity contribution < 1.29 is 23.9 Å². The van der Waals surface area contributed by atoms with E-state index in [2.05, 4.69) is 0 Å². The van der Waals surface area contributed by atoms with Crippen LogP contribution in [0, 0.1) is 6.92 Å². The van der Waals surface area contributed by atoms with E-state index in [1.54, 1.807) is 24.3 Å². The van der Waals surface area contributed by atoms with Crippen molar-refractivity contribution in [1.29, 1.82) is 0 Å². The zero-order chi connectivity index (χ0) is 19.8. The van der Waals surface area contributed by atoms with Crippen molar-refractivity contribution in [2.24, 2.45) is 0 Å². The van der Waals surface area contributed by atoms with Gasteiger partial charge in [0.1, 0.15) is 12.3 Å². The number of hydrogen-bond acceptors (Lipinski definition) is 5. The minimum atomic E-state index is -0.504. The predicted octanol–water partition coefficient (Wildman–Crippen LogP) is 2.78. The molecule has 27 heavy (non-hydrogen) atoms. The Hall–Kier alpha value is -3.15. The lowest BCUT2D eigenvalue weighted by molar-refractivity contribution is -0.148. The van der Waals surface area contributed by atoms with Crippen molar-refractivity contribution in [3.8, 4) is 5.75 Å². The summed E-state index contributed by atoms with van der Waals surface area (Å²) in [6, 6.07) is 14.3. The van der Waals surface area contributed by atoms with Crippen LogP contribution in [0.25, 0.3) is 0 Å². The number of benzene rings is 2. The molecule has 0 fully saturated rings. The number of carbonyl (C=O) groups excluding carboxylic acids is 3. The van der Waals surface area contributed by atoms with E-state index in [9.17, 15) is 14.4 Å². The van der Waals surface area contributed by atoms with Gasteiger partial charge in [-0.3, -0.25) is 14.4 Å². The fourth-order valence-electron chi connectivity index (χ4n) is 2.49. The topological polar surface area (TPSA) is 72.9 Å². The summed E-state index contributed by atoms with van der Waals surface area (Å²) in [7, 11) is 1.28. The molecule has 0 N–H and O–H groups in total. The van der Waals surface area contributed by atoms with Crippen LogP contribution in [0.5, 0.6) is 5.75 Å². The van der Waals surface area contributed by atoms with E-state index in [1.165, 1.54) is 18.9 Å². The van der Waals surface area contributed by atoms with Gasteiger partial charge in [-0.15, -0.1) is 0 Å². The average molecular weight is 369 g/mol. The normalized spacial score (nSPS) is 10.2. The number of carbonyl (C=O) groups is 3. The smallest absolute Gasteiger partial charge is 0.325 e. The van der Waals surface area contributed by atoms with Gasteiger partial charge in [0.05, 0.1) is 7.11 Å². The number of methoxy groups -OCH3 is 1. The van der Waals surface area contributed by atoms with E-state index >= 15 is 0 Å². The van der Waals surface area contributed by atoms with Crippen molar-refractivity contribution in [3.63, 3.8) is 0 Å². The van der Waals surface area contributed by atoms with E-state index < -0.39 is 5.97 Å². The highest BCUT2D eigenvalue weighted by atomic mass is 16.5. The monoisotopic (exact) mass is 369 g/mol. The number of ether oxygens (including phenoxy) is 2. The van der Waals surface area contributed by atoms with Gasteiger partial charge < -0.3 is 14.4 Å². The van der Waals surface area contributed by atoms with Crippen LogP contribution < -0.4 is 4.74 Å². The number of amides is 1. The highest BCUT2D eigenvalue weighted by Gasteiger charge is 2.19. The third kappa shape index (κ3) is 5.95. The average Bonchev–Trinajstić information content (AvgIpc) is 2.67. The molecular weight excluding hydrogens is 346 g/mol. The third-order valence-electron chi connectivity index (χ3n) is 4.13. The Morgan fingerprint density at radius 3 is 2.44 bits per heavy atom. The molecule has 0 aliphatic rings. The molecule has 0 unspecified atom stereocenters. The highest BCUT2D eigenvalue weighted by Crippen LogP contribution is 2.15. The summed E-state index contributed by atoms with van der Waals surface area (Å²) in [6.07, 6.45) is 0. The first kappa shape index (κ1) is 20.2. The Kier molecular flexibility index (Phi) is 7.11. The van der Waals surface area contributed by atoms with Crippen LogP contribution in [-0.4, -0.2) is 42.8 Å². The second kappa shape index (κ2) is 9.52. The Labute approximate surface area is 158 Å². The Balaban J connectivity index is 2.09. The number of hydrogen-bond donors (Lipinski definition) is 0. The van der Waals surface area contributed by atoms with Crippen LogP contribution in [0.15, 0.2) is 48.5 Å². The maximum atomic E-state index is 12.6. The first-order chi connectivity index (χ1) is 12.9. The molecule has 0 aliphatic heterocycles. The molecule has 6 nitrogen and oxygen atoms in total. The minimum absolute atomic E-state index is 0.0846. The van der Waals surface area contributed by atoms with Crippen LogP contribution >= 0.6 is 0 Å². The van der Waals surface area contributed by atoms with E-state index in [0.29, 0.717) is 11.3 Å². The Morgan fingerprint density at radius 2 is 1.78 bits per heavy atom. The highest BCUT2D eigenvalue weighted by molar-refractivity contribution is 5.94. The number of rotatable bonds is 8. The number of Topliss-reactive ketones (excluding diaryl/α,β-unsaturated/α-hetero) is 1. The fourth-order valence-corrected chi connectivity index (χ4v) is 2.49. The lowest BCUT2D eigenvalue weighted by atomic mass is 10.1. The summed E-state index contributed by atoms with van der Waals surface area (Å²) in [6.45, 7) is 3.27. The Morgan fingerprint density at radius 1 is 1.04 bits per heavy atom. The van der Waals surface area contributed by atoms with Crippen LogP contribution in [0.3, 0.4) is 0 Å². The zero-order valence-corrected chi connectivity index (χ0v) is 15.7. The summed E-state index contributed by atoms with van der Waals surface area (Å²) >= 11 is 0. The molecule has 0 radical (unpaired) electrons. The van der Waals surface area contributed by atoms with E-state index in [1.807, 2.05) is 31.2 Å². The van der Waals surface area contributed by atoms with Crippen molar-refractivity contribution in [2.75, 3.05) is 20.3 Å². The molecule has 2 aromatic carbocycles. The molecule has 2 rings (SSSR count). The van der Waals surface area contributed by atoms with Crippen molar-refractivity contribution >= 4 is 17.7 Å². The van der Waals surface area contributed by atoms with Crippen LogP contribution in [0.1, 0.15) is 28.4 Å². The molecule has 0 spiro atoms. The summed E-state index contributed by atoms with van der Waals surface area (Å²) in [5.41, 5.74) is 2.47. The van der Waals surface area contributed by atoms with Gasteiger partial charge in [0.15, 0.2) is 12.4 Å². The lowest BCUT2D eigenvalue weighted by Gasteiger charge is -2.22. The molecule has 1 amide bonds. The molecule has 0 saturated heterocycles. The standard InChI is InChI=1S/C21H23NO5/c1-15-7-4-5-8-18(15)12-22(13-21(25)26-3)20(24)14-27-19-10-6-9-17(11-19)16(2)23/h4-11H,12-14H2,1-3H3. The van der Waals surface area contributed by atoms with E-state index in [0.717, 1.165) is 11.1 Å². The first-order valence-corrected chi connectivity index (χ1v) is 8.53. The van der Waals surface area contributed by atoms with Crippen molar-refractivity contribution in [3.05, 3.63) is 65.2 Å². The molecule has 0 atom stereocenters. The maximum Gasteiger partial charge on any atom is 0.325 e. The molecule has 0 bridgehead atoms. The second-order valence-corrected chi connectivity index (χ2v) is 6.13. The molecule has 6 heteroatoms. The lowest BCUT2D eigenvalue weighted by Crippen LogP contribution is -2.38. The molecule has 0 aromatic heterocycles. The van der Waals surface area contributed by atoms with Crippen LogP contribution in [0.2, 0.25) is 0 Å². The van der Waals surface area contributed by atoms with Gasteiger partial charge in [-0.2, -0.15) is 0 Å². The quantitative estimate of drug-likeness (QED) is 0.528. The molecule has 0 heterocycles. The van der Waals surface area contributed by atoms with Gasteiger partial charge in [-0.25, -0.2) is 0 Å². The summed E-state index contributed by atoms with van der Waals surface area (Å²) < 4.78 is 10.2. The third-order valence-corrected chi connectivity index (χ3v) is 4.13. The van der Waals surface area contributed by atoms with Crippen molar-refractivity contribution in [2.45, 2.75) is 20.4 Å². The van der Waals surface area contributed by atoms with Gasteiger partial charge in [0.2, 0.25) is 0 Å². The largest absolute Gasteiger partial charge is 0.484 e. The van der Waals surface area contributed by atoms with E-state index in [4.69, 9.17) is 9.47 Å². The maximum absolute atomic E-state index is 12.6. The number of ketones is 1. The summed E-state index contributed by atoms with van der Waals surface area (Å²) in [5.74, 6) is -0.518. The van der Waals surface area contributed by atoms with Gasteiger partial charge >= 0.3 is 5.97 Å². The molecule has 142 valence electrons. The molecule has 2 aromatic rings. The molecular formula is C21H23NO5. The first-order valence-electron chi connectivity index (χ1n) is 8.53. The van der Waals surface area contributed by atoms with E-state index in [-0.39, 0.29) is 31.4 Å². The molecule has 0 aliphatic carbocycles. The van der Waals surface area contributed by atoms with Gasteiger partial charge in [0, 0.05) is 12.1 Å². The fraction of sp³-hybridized carbons (Fsp3) is 0.286. The Bertz CT molecular complexity index is 831. The van der Waals surface area contributed by atoms with Gasteiger partial charge in [-0.1, -0.05) is 36.4 Å². The van der Waals surface area contributed by atoms with Gasteiger partial charge in [0.25, 0.3) is 5.91 Å². The van der Waals surface area contributed by atoms with Crippen LogP contribution in [0.4, 0.5) is 0 Å². The predicted molar refractivity (Wildman–Crippen MR) is 101 cm³/mol. The zero-order valence-electron chi connectivity index (χ0n) is 15.7. The summed E-state index contributed by atoms with van der Waals surface area (Å²) in [4.78, 5) is 37.2. The number of aryl methyl sites for hydroxylation is 1. The number of nitrogens with zero attached hydrogens (tertiary/aromatic N) is 1. The SMILES string of the molecule is COC(=O)CN(Cc1ccccc1C)C(=O)COc1cccc(C(C)=O)c1.